The van der Waals surface area contributed by atoms with Crippen molar-refractivity contribution in [2.75, 3.05) is 6.61 Å². The summed E-state index contributed by atoms with van der Waals surface area (Å²) >= 11 is 1.56. The second kappa shape index (κ2) is 6.68. The Morgan fingerprint density at radius 2 is 2.26 bits per heavy atom. The minimum atomic E-state index is -2.95. The van der Waals surface area contributed by atoms with E-state index in [1.807, 2.05) is 0 Å². The highest BCUT2D eigenvalue weighted by molar-refractivity contribution is 14.1. The van der Waals surface area contributed by atoms with Crippen molar-refractivity contribution in [3.05, 3.63) is 31.1 Å². The second-order valence-corrected chi connectivity index (χ2v) is 4.39. The number of carbonyl (C=O) groups is 1. The third kappa shape index (κ3) is 3.78. The van der Waals surface area contributed by atoms with E-state index in [0.29, 0.717) is 0 Å². The summed E-state index contributed by atoms with van der Waals surface area (Å²) in [6, 6.07) is 0. The topological polar surface area (TPSA) is 82.3 Å². The van der Waals surface area contributed by atoms with Crippen LogP contribution in [0.4, 0.5) is 14.5 Å². The van der Waals surface area contributed by atoms with Gasteiger partial charge in [-0.05, 0) is 29.5 Å². The lowest BCUT2D eigenvalue weighted by atomic mass is 10.1. The minimum absolute atomic E-state index is 0.0497. The molecule has 1 heterocycles. The zero-order valence-electron chi connectivity index (χ0n) is 9.73. The summed E-state index contributed by atoms with van der Waals surface area (Å²) in [6.45, 7) is 1.62. The van der Waals surface area contributed by atoms with Gasteiger partial charge in [-0.2, -0.15) is 0 Å². The van der Waals surface area contributed by atoms with Crippen LogP contribution in [0.5, 0.6) is 0 Å². The smallest absolute Gasteiger partial charge is 0.310 e. The number of aromatic nitrogens is 1. The van der Waals surface area contributed by atoms with Gasteiger partial charge in [0.15, 0.2) is 3.70 Å². The minimum Gasteiger partial charge on any atom is -0.466 e. The fraction of sp³-hybridized carbons (Fsp3) is 0.400. The molecule has 0 N–H and O–H groups in total. The van der Waals surface area contributed by atoms with E-state index in [-0.39, 0.29) is 15.9 Å². The van der Waals surface area contributed by atoms with Gasteiger partial charge in [0, 0.05) is 11.8 Å². The number of pyridine rings is 1. The van der Waals surface area contributed by atoms with Crippen molar-refractivity contribution in [1.82, 2.24) is 4.98 Å². The molecule has 0 saturated heterocycles. The van der Waals surface area contributed by atoms with Crippen molar-refractivity contribution in [3.63, 3.8) is 0 Å². The number of ether oxygens (including phenoxy) is 1. The van der Waals surface area contributed by atoms with Gasteiger partial charge in [0.1, 0.15) is 0 Å². The maximum atomic E-state index is 12.8. The molecule has 0 fully saturated rings. The SMILES string of the molecule is CCOC(=O)Cc1c(C(F)F)cnc(I)c1[N+](=O)[O-]. The van der Waals surface area contributed by atoms with E-state index in [0.717, 1.165) is 6.20 Å². The van der Waals surface area contributed by atoms with Crippen molar-refractivity contribution < 1.29 is 23.2 Å². The van der Waals surface area contributed by atoms with Gasteiger partial charge < -0.3 is 4.74 Å². The van der Waals surface area contributed by atoms with Crippen LogP contribution in [0.3, 0.4) is 0 Å². The first-order valence-corrected chi connectivity index (χ1v) is 6.21. The van der Waals surface area contributed by atoms with Crippen LogP contribution >= 0.6 is 22.6 Å². The number of halogens is 3. The Hall–Kier alpha value is -1.39. The maximum Gasteiger partial charge on any atom is 0.310 e. The molecular weight excluding hydrogens is 377 g/mol. The van der Waals surface area contributed by atoms with Crippen LogP contribution in [-0.2, 0) is 16.0 Å². The first kappa shape index (κ1) is 15.7. The number of alkyl halides is 2. The lowest BCUT2D eigenvalue weighted by Crippen LogP contribution is -2.13. The van der Waals surface area contributed by atoms with Crippen LogP contribution in [-0.4, -0.2) is 22.5 Å². The Morgan fingerprint density at radius 1 is 1.63 bits per heavy atom. The summed E-state index contributed by atoms with van der Waals surface area (Å²) in [5.74, 6) is -0.797. The van der Waals surface area contributed by atoms with Crippen molar-refractivity contribution in [3.8, 4) is 0 Å². The highest BCUT2D eigenvalue weighted by Crippen LogP contribution is 2.32. The molecule has 0 bridgehead atoms. The molecule has 1 aromatic rings. The number of rotatable bonds is 5. The lowest BCUT2D eigenvalue weighted by molar-refractivity contribution is -0.387. The normalized spacial score (nSPS) is 10.6. The summed E-state index contributed by atoms with van der Waals surface area (Å²) in [5, 5.41) is 10.9. The zero-order valence-corrected chi connectivity index (χ0v) is 11.9. The average molecular weight is 386 g/mol. The molecule has 6 nitrogen and oxygen atoms in total. The molecule has 0 saturated carbocycles. The first-order valence-electron chi connectivity index (χ1n) is 5.13. The van der Waals surface area contributed by atoms with E-state index in [4.69, 9.17) is 0 Å². The Labute approximate surface area is 120 Å². The van der Waals surface area contributed by atoms with E-state index in [9.17, 15) is 23.7 Å². The fourth-order valence-corrected chi connectivity index (χ4v) is 2.10. The van der Waals surface area contributed by atoms with Crippen LogP contribution in [0.25, 0.3) is 0 Å². The molecule has 0 atom stereocenters. The highest BCUT2D eigenvalue weighted by Gasteiger charge is 2.28. The predicted molar refractivity (Wildman–Crippen MR) is 68.9 cm³/mol. The molecule has 104 valence electrons. The summed E-state index contributed by atoms with van der Waals surface area (Å²) < 4.78 is 30.2. The summed E-state index contributed by atoms with van der Waals surface area (Å²) in [6.07, 6.45) is -2.69. The van der Waals surface area contributed by atoms with Crippen LogP contribution in [0.1, 0.15) is 24.5 Å². The monoisotopic (exact) mass is 386 g/mol. The molecule has 0 unspecified atom stereocenters. The molecule has 1 rings (SSSR count). The number of nitrogens with zero attached hydrogens (tertiary/aromatic N) is 2. The number of carbonyl (C=O) groups excluding carboxylic acids is 1. The molecule has 0 aliphatic rings. The van der Waals surface area contributed by atoms with Crippen LogP contribution in [0, 0.1) is 13.8 Å². The maximum absolute atomic E-state index is 12.8. The van der Waals surface area contributed by atoms with E-state index in [2.05, 4.69) is 9.72 Å². The quantitative estimate of drug-likeness (QED) is 0.256. The summed E-state index contributed by atoms with van der Waals surface area (Å²) in [7, 11) is 0. The number of hydrogen-bond acceptors (Lipinski definition) is 5. The van der Waals surface area contributed by atoms with Gasteiger partial charge in [-0.3, -0.25) is 14.9 Å². The molecule has 0 aliphatic heterocycles. The third-order valence-corrected chi connectivity index (χ3v) is 2.98. The van der Waals surface area contributed by atoms with Crippen molar-refractivity contribution >= 4 is 34.2 Å². The highest BCUT2D eigenvalue weighted by atomic mass is 127. The third-order valence-electron chi connectivity index (χ3n) is 2.19. The van der Waals surface area contributed by atoms with Crippen molar-refractivity contribution in [2.45, 2.75) is 19.8 Å². The number of nitro groups is 1. The molecule has 0 aliphatic carbocycles. The van der Waals surface area contributed by atoms with Crippen molar-refractivity contribution in [2.24, 2.45) is 0 Å². The number of esters is 1. The zero-order chi connectivity index (χ0) is 14.6. The van der Waals surface area contributed by atoms with Gasteiger partial charge >= 0.3 is 11.7 Å². The fourth-order valence-electron chi connectivity index (χ4n) is 1.44. The van der Waals surface area contributed by atoms with E-state index >= 15 is 0 Å². The van der Waals surface area contributed by atoms with Gasteiger partial charge in [0.05, 0.1) is 23.5 Å². The molecule has 9 heteroatoms. The van der Waals surface area contributed by atoms with E-state index in [1.54, 1.807) is 29.5 Å². The average Bonchev–Trinajstić information content (AvgIpc) is 2.28. The van der Waals surface area contributed by atoms with E-state index < -0.39 is 35.0 Å². The first-order chi connectivity index (χ1) is 8.88. The van der Waals surface area contributed by atoms with Gasteiger partial charge in [0.25, 0.3) is 6.43 Å². The van der Waals surface area contributed by atoms with Gasteiger partial charge in [-0.25, -0.2) is 13.8 Å². The summed E-state index contributed by atoms with van der Waals surface area (Å²) in [5.41, 5.74) is -1.55. The molecule has 1 aromatic heterocycles. The Bertz CT molecular complexity index is 511. The Morgan fingerprint density at radius 3 is 2.74 bits per heavy atom. The molecule has 0 amide bonds. The molecule has 0 aromatic carbocycles. The Balaban J connectivity index is 3.33. The van der Waals surface area contributed by atoms with Gasteiger partial charge in [0.2, 0.25) is 0 Å². The van der Waals surface area contributed by atoms with Crippen LogP contribution in [0.2, 0.25) is 0 Å². The standard InChI is InChI=1S/C10H9F2IN2O4/c1-2-19-7(16)3-5-6(9(11)12)4-14-10(13)8(5)15(17)18/h4,9H,2-3H2,1H3. The lowest BCUT2D eigenvalue weighted by Gasteiger charge is -2.09. The largest absolute Gasteiger partial charge is 0.466 e. The summed E-state index contributed by atoms with van der Waals surface area (Å²) in [4.78, 5) is 25.0. The van der Waals surface area contributed by atoms with E-state index in [1.165, 1.54) is 0 Å². The van der Waals surface area contributed by atoms with Gasteiger partial charge in [-0.1, -0.05) is 0 Å². The molecule has 0 spiro atoms. The molecular formula is C10H9F2IN2O4. The predicted octanol–water partition coefficient (Wildman–Crippen LogP) is 2.64. The van der Waals surface area contributed by atoms with Crippen LogP contribution in [0.15, 0.2) is 6.20 Å². The second-order valence-electron chi connectivity index (χ2n) is 3.37. The number of hydrogen-bond donors (Lipinski definition) is 0. The van der Waals surface area contributed by atoms with Crippen molar-refractivity contribution in [1.29, 1.82) is 0 Å². The molecule has 19 heavy (non-hydrogen) atoms. The van der Waals surface area contributed by atoms with Crippen LogP contribution < -0.4 is 0 Å². The Kier molecular flexibility index (Phi) is 5.51. The molecule has 0 radical (unpaired) electrons. The van der Waals surface area contributed by atoms with Gasteiger partial charge in [-0.15, -0.1) is 0 Å².